The van der Waals surface area contributed by atoms with Gasteiger partial charge in [-0.05, 0) is 18.0 Å². The smallest absolute Gasteiger partial charge is 0.269 e. The van der Waals surface area contributed by atoms with E-state index in [1.165, 1.54) is 0 Å². The van der Waals surface area contributed by atoms with Crippen LogP contribution in [0.15, 0.2) is 0 Å². The quantitative estimate of drug-likeness (QED) is 0.728. The van der Waals surface area contributed by atoms with Crippen LogP contribution in [-0.2, 0) is 6.42 Å². The molecule has 0 saturated carbocycles. The van der Waals surface area contributed by atoms with Crippen molar-refractivity contribution in [3.8, 4) is 6.07 Å². The molecule has 0 spiro atoms. The van der Waals surface area contributed by atoms with Crippen molar-refractivity contribution in [1.29, 1.82) is 5.26 Å². The first-order valence-corrected chi connectivity index (χ1v) is 4.16. The van der Waals surface area contributed by atoms with Gasteiger partial charge in [-0.2, -0.15) is 9.64 Å². The van der Waals surface area contributed by atoms with E-state index in [0.717, 1.165) is 16.4 Å². The van der Waals surface area contributed by atoms with E-state index in [9.17, 15) is 4.79 Å². The minimum atomic E-state index is -0.637. The van der Waals surface area contributed by atoms with Crippen LogP contribution in [0.1, 0.15) is 27.9 Å². The molecule has 12 heavy (non-hydrogen) atoms. The Balaban J connectivity index is 3.25. The minimum absolute atomic E-state index is 0.0966. The lowest BCUT2D eigenvalue weighted by Crippen LogP contribution is -2.12. The zero-order valence-corrected chi connectivity index (χ0v) is 7.31. The molecule has 0 aliphatic carbocycles. The van der Waals surface area contributed by atoms with Crippen LogP contribution in [0.4, 0.5) is 0 Å². The van der Waals surface area contributed by atoms with E-state index < -0.39 is 5.91 Å². The van der Waals surface area contributed by atoms with Crippen LogP contribution >= 0.6 is 11.5 Å². The number of amides is 1. The van der Waals surface area contributed by atoms with Crippen molar-refractivity contribution in [2.45, 2.75) is 13.3 Å². The lowest BCUT2D eigenvalue weighted by Gasteiger charge is -1.89. The van der Waals surface area contributed by atoms with Crippen molar-refractivity contribution in [1.82, 2.24) is 4.37 Å². The second-order valence-corrected chi connectivity index (χ2v) is 3.02. The molecule has 0 aromatic carbocycles. The number of hydrogen-bond donors (Lipinski definition) is 1. The molecule has 0 saturated heterocycles. The fourth-order valence-electron chi connectivity index (χ4n) is 0.849. The Labute approximate surface area is 73.8 Å². The number of carbonyl (C=O) groups excluding carboxylic acids is 1. The average Bonchev–Trinajstić information content (AvgIpc) is 2.46. The summed E-state index contributed by atoms with van der Waals surface area (Å²) in [6.07, 6.45) is 0.702. The second kappa shape index (κ2) is 3.32. The van der Waals surface area contributed by atoms with Crippen LogP contribution in [-0.4, -0.2) is 10.3 Å². The summed E-state index contributed by atoms with van der Waals surface area (Å²) >= 11 is 1.16. The van der Waals surface area contributed by atoms with E-state index >= 15 is 0 Å². The van der Waals surface area contributed by atoms with Gasteiger partial charge in [-0.3, -0.25) is 4.79 Å². The van der Waals surface area contributed by atoms with E-state index in [4.69, 9.17) is 11.0 Å². The molecule has 1 heterocycles. The predicted octanol–water partition coefficient (Wildman–Crippen LogP) is 0.676. The van der Waals surface area contributed by atoms with Gasteiger partial charge in [0.25, 0.3) is 5.91 Å². The number of nitriles is 1. The van der Waals surface area contributed by atoms with Gasteiger partial charge in [0.2, 0.25) is 0 Å². The zero-order chi connectivity index (χ0) is 9.14. The minimum Gasteiger partial charge on any atom is -0.364 e. The summed E-state index contributed by atoms with van der Waals surface area (Å²) in [5.41, 5.74) is 5.44. The van der Waals surface area contributed by atoms with Gasteiger partial charge in [0, 0.05) is 4.88 Å². The monoisotopic (exact) mass is 181 g/mol. The molecule has 0 radical (unpaired) electrons. The Morgan fingerprint density at radius 3 is 2.92 bits per heavy atom. The third-order valence-electron chi connectivity index (χ3n) is 1.43. The first-order chi connectivity index (χ1) is 5.70. The number of rotatable bonds is 2. The summed E-state index contributed by atoms with van der Waals surface area (Å²) in [5.74, 6) is -0.637. The van der Waals surface area contributed by atoms with Crippen LogP contribution in [0.25, 0.3) is 0 Å². The SMILES string of the molecule is CCc1snc(C(N)=O)c1C#N. The van der Waals surface area contributed by atoms with Crippen molar-refractivity contribution in [2.24, 2.45) is 5.73 Å². The van der Waals surface area contributed by atoms with Crippen LogP contribution < -0.4 is 5.73 Å². The van der Waals surface area contributed by atoms with Crippen molar-refractivity contribution < 1.29 is 4.79 Å². The highest BCUT2D eigenvalue weighted by Crippen LogP contribution is 2.17. The molecule has 0 fully saturated rings. The van der Waals surface area contributed by atoms with Gasteiger partial charge in [-0.15, -0.1) is 0 Å². The summed E-state index contributed by atoms with van der Waals surface area (Å²) < 4.78 is 3.80. The predicted molar refractivity (Wildman–Crippen MR) is 44.7 cm³/mol. The van der Waals surface area contributed by atoms with Crippen molar-refractivity contribution in [3.63, 3.8) is 0 Å². The highest BCUT2D eigenvalue weighted by atomic mass is 32.1. The molecular formula is C7H7N3OS. The Morgan fingerprint density at radius 2 is 2.50 bits per heavy atom. The largest absolute Gasteiger partial charge is 0.364 e. The van der Waals surface area contributed by atoms with Crippen molar-refractivity contribution in [2.75, 3.05) is 0 Å². The molecule has 1 rings (SSSR count). The lowest BCUT2D eigenvalue weighted by atomic mass is 10.2. The number of aromatic nitrogens is 1. The normalized spacial score (nSPS) is 9.33. The Hall–Kier alpha value is -1.41. The number of primary amides is 1. The third-order valence-corrected chi connectivity index (χ3v) is 2.42. The third kappa shape index (κ3) is 1.29. The topological polar surface area (TPSA) is 79.8 Å². The number of nitrogens with two attached hydrogens (primary N) is 1. The molecule has 0 aliphatic rings. The molecular weight excluding hydrogens is 174 g/mol. The Kier molecular flexibility index (Phi) is 2.41. The summed E-state index contributed by atoms with van der Waals surface area (Å²) in [4.78, 5) is 11.5. The summed E-state index contributed by atoms with van der Waals surface area (Å²) in [6.45, 7) is 1.90. The van der Waals surface area contributed by atoms with Gasteiger partial charge in [0.15, 0.2) is 5.69 Å². The van der Waals surface area contributed by atoms with E-state index in [2.05, 4.69) is 4.37 Å². The maximum Gasteiger partial charge on any atom is 0.269 e. The average molecular weight is 181 g/mol. The van der Waals surface area contributed by atoms with E-state index in [1.807, 2.05) is 13.0 Å². The van der Waals surface area contributed by atoms with Gasteiger partial charge in [0.05, 0.1) is 5.56 Å². The first kappa shape index (κ1) is 8.68. The maximum atomic E-state index is 10.7. The number of nitrogens with zero attached hydrogens (tertiary/aromatic N) is 2. The van der Waals surface area contributed by atoms with Gasteiger partial charge < -0.3 is 5.73 Å². The molecule has 4 nitrogen and oxygen atoms in total. The Bertz CT molecular complexity index is 350. The standard InChI is InChI=1S/C7H7N3OS/c1-2-5-4(3-8)6(7(9)11)10-12-5/h2H2,1H3,(H2,9,11). The summed E-state index contributed by atoms with van der Waals surface area (Å²) in [7, 11) is 0. The zero-order valence-electron chi connectivity index (χ0n) is 6.50. The molecule has 0 unspecified atom stereocenters. The van der Waals surface area contributed by atoms with E-state index in [-0.39, 0.29) is 5.69 Å². The number of carbonyl (C=O) groups is 1. The molecule has 0 aliphatic heterocycles. The fourth-order valence-corrected chi connectivity index (χ4v) is 1.59. The molecule has 0 atom stereocenters. The number of aryl methyl sites for hydroxylation is 1. The van der Waals surface area contributed by atoms with E-state index in [0.29, 0.717) is 12.0 Å². The first-order valence-electron chi connectivity index (χ1n) is 3.39. The van der Waals surface area contributed by atoms with Crippen molar-refractivity contribution >= 4 is 17.4 Å². The highest BCUT2D eigenvalue weighted by Gasteiger charge is 2.15. The van der Waals surface area contributed by atoms with Crippen LogP contribution in [0.3, 0.4) is 0 Å². The fraction of sp³-hybridized carbons (Fsp3) is 0.286. The molecule has 0 bridgehead atoms. The molecule has 5 heteroatoms. The highest BCUT2D eigenvalue weighted by molar-refractivity contribution is 7.06. The number of hydrogen-bond acceptors (Lipinski definition) is 4. The van der Waals surface area contributed by atoms with Gasteiger partial charge >= 0.3 is 0 Å². The van der Waals surface area contributed by atoms with Crippen LogP contribution in [0.5, 0.6) is 0 Å². The molecule has 2 N–H and O–H groups in total. The maximum absolute atomic E-state index is 10.7. The second-order valence-electron chi connectivity index (χ2n) is 2.16. The van der Waals surface area contributed by atoms with Gasteiger partial charge in [0.1, 0.15) is 6.07 Å². The molecule has 62 valence electrons. The summed E-state index contributed by atoms with van der Waals surface area (Å²) in [5, 5.41) is 8.68. The molecule has 1 aromatic rings. The van der Waals surface area contributed by atoms with Crippen LogP contribution in [0, 0.1) is 11.3 Å². The molecule has 1 aromatic heterocycles. The van der Waals surface area contributed by atoms with Gasteiger partial charge in [-0.25, -0.2) is 0 Å². The molecule has 1 amide bonds. The lowest BCUT2D eigenvalue weighted by molar-refractivity contribution is 0.0996. The van der Waals surface area contributed by atoms with Gasteiger partial charge in [-0.1, -0.05) is 6.92 Å². The van der Waals surface area contributed by atoms with Crippen molar-refractivity contribution in [3.05, 3.63) is 16.1 Å². The summed E-state index contributed by atoms with van der Waals surface area (Å²) in [6, 6.07) is 1.92. The Morgan fingerprint density at radius 1 is 1.83 bits per heavy atom. The van der Waals surface area contributed by atoms with E-state index in [1.54, 1.807) is 0 Å². The van der Waals surface area contributed by atoms with Crippen LogP contribution in [0.2, 0.25) is 0 Å².